The number of benzene rings is 2. The molecule has 0 radical (unpaired) electrons. The number of carbonyl (C=O) groups is 1. The van der Waals surface area contributed by atoms with E-state index in [-0.39, 0.29) is 16.4 Å². The van der Waals surface area contributed by atoms with Gasteiger partial charge >= 0.3 is 6.03 Å². The van der Waals surface area contributed by atoms with Crippen molar-refractivity contribution in [2.45, 2.75) is 0 Å². The Bertz CT molecular complexity index is 688. The van der Waals surface area contributed by atoms with Crippen LogP contribution < -0.4 is 16.4 Å². The predicted octanol–water partition coefficient (Wildman–Crippen LogP) is 3.47. The number of rotatable bonds is 3. The fourth-order valence-electron chi connectivity index (χ4n) is 1.59. The normalized spacial score (nSPS) is 9.95. The zero-order valence-electron chi connectivity index (χ0n) is 10.7. The Hall–Kier alpha value is -2.80. The third-order valence-corrected chi connectivity index (χ3v) is 2.89. The predicted molar refractivity (Wildman–Crippen MR) is 81.6 cm³/mol. The molecule has 0 unspecified atom stereocenters. The van der Waals surface area contributed by atoms with Crippen molar-refractivity contribution in [3.63, 3.8) is 0 Å². The number of nitro benzene ring substituents is 1. The van der Waals surface area contributed by atoms with Crippen LogP contribution in [0.25, 0.3) is 0 Å². The average molecular weight is 307 g/mol. The van der Waals surface area contributed by atoms with Gasteiger partial charge in [0.1, 0.15) is 5.02 Å². The Balaban J connectivity index is 2.07. The number of anilines is 3. The SMILES string of the molecule is Nc1ccc(NC(=O)Nc2ccc(Cl)c([N+](=O)[O-])c2)cc1. The van der Waals surface area contributed by atoms with Crippen LogP contribution in [0.5, 0.6) is 0 Å². The summed E-state index contributed by atoms with van der Waals surface area (Å²) < 4.78 is 0. The molecule has 2 aromatic rings. The smallest absolute Gasteiger partial charge is 0.323 e. The van der Waals surface area contributed by atoms with Crippen molar-refractivity contribution in [3.8, 4) is 0 Å². The topological polar surface area (TPSA) is 110 Å². The molecule has 0 heterocycles. The van der Waals surface area contributed by atoms with Crippen LogP contribution in [0.1, 0.15) is 0 Å². The van der Waals surface area contributed by atoms with E-state index in [0.717, 1.165) is 0 Å². The van der Waals surface area contributed by atoms with Crippen molar-refractivity contribution in [3.05, 3.63) is 57.6 Å². The molecule has 7 nitrogen and oxygen atoms in total. The standard InChI is InChI=1S/C13H11ClN4O3/c14-11-6-5-10(7-12(11)18(20)21)17-13(19)16-9-3-1-8(15)2-4-9/h1-7H,15H2,(H2,16,17,19). The molecule has 0 spiro atoms. The maximum absolute atomic E-state index is 11.8. The molecule has 21 heavy (non-hydrogen) atoms. The van der Waals surface area contributed by atoms with Crippen molar-refractivity contribution in [1.29, 1.82) is 0 Å². The summed E-state index contributed by atoms with van der Waals surface area (Å²) in [6.45, 7) is 0. The molecular formula is C13H11ClN4O3. The monoisotopic (exact) mass is 306 g/mol. The second-order valence-electron chi connectivity index (χ2n) is 4.12. The van der Waals surface area contributed by atoms with Crippen molar-refractivity contribution in [1.82, 2.24) is 0 Å². The number of nitrogens with one attached hydrogen (secondary N) is 2. The fourth-order valence-corrected chi connectivity index (χ4v) is 1.78. The van der Waals surface area contributed by atoms with E-state index in [9.17, 15) is 14.9 Å². The lowest BCUT2D eigenvalue weighted by Gasteiger charge is -2.08. The van der Waals surface area contributed by atoms with Crippen LogP contribution in [0.2, 0.25) is 5.02 Å². The molecule has 2 aromatic carbocycles. The summed E-state index contributed by atoms with van der Waals surface area (Å²) in [6.07, 6.45) is 0. The van der Waals surface area contributed by atoms with Gasteiger partial charge in [-0.15, -0.1) is 0 Å². The van der Waals surface area contributed by atoms with Gasteiger partial charge in [-0.05, 0) is 36.4 Å². The first-order chi connectivity index (χ1) is 9.95. The number of hydrogen-bond acceptors (Lipinski definition) is 4. The van der Waals surface area contributed by atoms with Crippen LogP contribution in [0.15, 0.2) is 42.5 Å². The maximum atomic E-state index is 11.8. The summed E-state index contributed by atoms with van der Waals surface area (Å²) in [6, 6.07) is 10.0. The molecule has 0 bridgehead atoms. The number of nitrogens with zero attached hydrogens (tertiary/aromatic N) is 1. The first kappa shape index (κ1) is 14.6. The molecule has 108 valence electrons. The molecule has 0 aliphatic heterocycles. The maximum Gasteiger partial charge on any atom is 0.323 e. The van der Waals surface area contributed by atoms with E-state index in [1.54, 1.807) is 24.3 Å². The second kappa shape index (κ2) is 6.10. The third-order valence-electron chi connectivity index (χ3n) is 2.57. The molecule has 0 aliphatic carbocycles. The van der Waals surface area contributed by atoms with Crippen molar-refractivity contribution < 1.29 is 9.72 Å². The van der Waals surface area contributed by atoms with Gasteiger partial charge in [-0.3, -0.25) is 10.1 Å². The number of hydrogen-bond donors (Lipinski definition) is 3. The molecule has 0 saturated carbocycles. The zero-order chi connectivity index (χ0) is 15.4. The molecule has 0 fully saturated rings. The molecule has 0 saturated heterocycles. The van der Waals surface area contributed by atoms with Gasteiger partial charge in [0.2, 0.25) is 0 Å². The summed E-state index contributed by atoms with van der Waals surface area (Å²) in [5, 5.41) is 15.8. The second-order valence-corrected chi connectivity index (χ2v) is 4.53. The minimum Gasteiger partial charge on any atom is -0.399 e. The lowest BCUT2D eigenvalue weighted by Crippen LogP contribution is -2.19. The summed E-state index contributed by atoms with van der Waals surface area (Å²) >= 11 is 5.69. The van der Waals surface area contributed by atoms with E-state index in [4.69, 9.17) is 17.3 Å². The molecule has 0 aromatic heterocycles. The van der Waals surface area contributed by atoms with Gasteiger partial charge in [-0.1, -0.05) is 11.6 Å². The molecular weight excluding hydrogens is 296 g/mol. The molecule has 2 amide bonds. The van der Waals surface area contributed by atoms with Gasteiger partial charge in [-0.2, -0.15) is 0 Å². The zero-order valence-corrected chi connectivity index (χ0v) is 11.4. The van der Waals surface area contributed by atoms with Gasteiger partial charge in [0.25, 0.3) is 5.69 Å². The average Bonchev–Trinajstić information content (AvgIpc) is 2.43. The lowest BCUT2D eigenvalue weighted by atomic mass is 10.3. The van der Waals surface area contributed by atoms with E-state index in [1.165, 1.54) is 18.2 Å². The molecule has 8 heteroatoms. The van der Waals surface area contributed by atoms with Gasteiger partial charge in [-0.25, -0.2) is 4.79 Å². The number of nitrogen functional groups attached to an aromatic ring is 1. The van der Waals surface area contributed by atoms with E-state index in [2.05, 4.69) is 10.6 Å². The Kier molecular flexibility index (Phi) is 4.24. The number of urea groups is 1. The van der Waals surface area contributed by atoms with Crippen molar-refractivity contribution >= 4 is 40.4 Å². The number of nitro groups is 1. The van der Waals surface area contributed by atoms with E-state index in [1.807, 2.05) is 0 Å². The van der Waals surface area contributed by atoms with E-state index in [0.29, 0.717) is 11.4 Å². The number of halogens is 1. The number of amides is 2. The molecule has 2 rings (SSSR count). The summed E-state index contributed by atoms with van der Waals surface area (Å²) in [7, 11) is 0. The van der Waals surface area contributed by atoms with E-state index < -0.39 is 11.0 Å². The van der Waals surface area contributed by atoms with Crippen LogP contribution in [-0.2, 0) is 0 Å². The quantitative estimate of drug-likeness (QED) is 0.458. The Morgan fingerprint density at radius 3 is 2.29 bits per heavy atom. The third kappa shape index (κ3) is 3.83. The van der Waals surface area contributed by atoms with Gasteiger partial charge < -0.3 is 16.4 Å². The van der Waals surface area contributed by atoms with Crippen molar-refractivity contribution in [2.75, 3.05) is 16.4 Å². The fraction of sp³-hybridized carbons (Fsp3) is 0. The van der Waals surface area contributed by atoms with Crippen LogP contribution >= 0.6 is 11.6 Å². The highest BCUT2D eigenvalue weighted by Crippen LogP contribution is 2.27. The van der Waals surface area contributed by atoms with Crippen molar-refractivity contribution in [2.24, 2.45) is 0 Å². The first-order valence-corrected chi connectivity index (χ1v) is 6.21. The number of carbonyl (C=O) groups excluding carboxylic acids is 1. The molecule has 4 N–H and O–H groups in total. The Morgan fingerprint density at radius 1 is 1.10 bits per heavy atom. The van der Waals surface area contributed by atoms with Crippen LogP contribution in [0.3, 0.4) is 0 Å². The summed E-state index contributed by atoms with van der Waals surface area (Å²) in [5.41, 5.74) is 6.65. The minimum atomic E-state index is -0.620. The van der Waals surface area contributed by atoms with Crippen LogP contribution in [-0.4, -0.2) is 11.0 Å². The van der Waals surface area contributed by atoms with Gasteiger partial charge in [0.15, 0.2) is 0 Å². The minimum absolute atomic E-state index is 0.00416. The first-order valence-electron chi connectivity index (χ1n) is 5.83. The lowest BCUT2D eigenvalue weighted by molar-refractivity contribution is -0.384. The summed E-state index contributed by atoms with van der Waals surface area (Å²) in [5.74, 6) is 0. The highest BCUT2D eigenvalue weighted by atomic mass is 35.5. The summed E-state index contributed by atoms with van der Waals surface area (Å²) in [4.78, 5) is 21.9. The van der Waals surface area contributed by atoms with Crippen LogP contribution in [0.4, 0.5) is 27.5 Å². The highest BCUT2D eigenvalue weighted by Gasteiger charge is 2.13. The van der Waals surface area contributed by atoms with Crippen LogP contribution in [0, 0.1) is 10.1 Å². The highest BCUT2D eigenvalue weighted by molar-refractivity contribution is 6.32. The van der Waals surface area contributed by atoms with E-state index >= 15 is 0 Å². The van der Waals surface area contributed by atoms with Gasteiger partial charge in [0, 0.05) is 23.1 Å². The molecule has 0 aliphatic rings. The Labute approximate surface area is 124 Å². The number of nitrogens with two attached hydrogens (primary N) is 1. The molecule has 0 atom stereocenters. The Morgan fingerprint density at radius 2 is 1.67 bits per heavy atom. The largest absolute Gasteiger partial charge is 0.399 e. The van der Waals surface area contributed by atoms with Gasteiger partial charge in [0.05, 0.1) is 4.92 Å².